The van der Waals surface area contributed by atoms with Crippen LogP contribution in [-0.4, -0.2) is 49.6 Å². The fourth-order valence-corrected chi connectivity index (χ4v) is 6.11. The predicted molar refractivity (Wildman–Crippen MR) is 77.5 cm³/mol. The molecule has 1 saturated heterocycles. The van der Waals surface area contributed by atoms with Gasteiger partial charge in [0.05, 0.1) is 34.4 Å². The Morgan fingerprint density at radius 2 is 2.35 bits per heavy atom. The van der Waals surface area contributed by atoms with Crippen molar-refractivity contribution in [2.75, 3.05) is 19.8 Å². The minimum atomic E-state index is -3.70. The van der Waals surface area contributed by atoms with Gasteiger partial charge in [-0.05, 0) is 28.9 Å². The highest BCUT2D eigenvalue weighted by atomic mass is 79.9. The van der Waals surface area contributed by atoms with E-state index in [-0.39, 0.29) is 31.1 Å². The van der Waals surface area contributed by atoms with E-state index in [0.717, 1.165) is 3.79 Å². The smallest absolute Gasteiger partial charge is 0.305 e. The summed E-state index contributed by atoms with van der Waals surface area (Å²) in [6.07, 6.45) is -0.260. The largest absolute Gasteiger partial charge is 0.481 e. The molecule has 2 rings (SSSR count). The molecule has 112 valence electrons. The SMILES string of the molecule is Cc1sc(Br)cc1S(=O)(=O)N1CCOCC1CC(=O)O. The molecule has 0 aromatic carbocycles. The maximum absolute atomic E-state index is 12.7. The Morgan fingerprint density at radius 1 is 1.65 bits per heavy atom. The summed E-state index contributed by atoms with van der Waals surface area (Å²) in [5, 5.41) is 8.90. The molecule has 1 N–H and O–H groups in total. The van der Waals surface area contributed by atoms with Gasteiger partial charge in [0, 0.05) is 11.4 Å². The zero-order valence-electron chi connectivity index (χ0n) is 10.7. The van der Waals surface area contributed by atoms with Crippen LogP contribution in [0.1, 0.15) is 11.3 Å². The molecule has 1 aromatic heterocycles. The third-order valence-electron chi connectivity index (χ3n) is 3.01. The van der Waals surface area contributed by atoms with Gasteiger partial charge in [-0.3, -0.25) is 4.79 Å². The first kappa shape index (κ1) is 15.9. The van der Waals surface area contributed by atoms with Crippen LogP contribution in [0.2, 0.25) is 0 Å². The monoisotopic (exact) mass is 383 g/mol. The summed E-state index contributed by atoms with van der Waals surface area (Å²) in [4.78, 5) is 11.8. The highest BCUT2D eigenvalue weighted by Crippen LogP contribution is 2.33. The standard InChI is InChI=1S/C11H14BrNO5S2/c1-7-9(5-10(12)19-7)20(16,17)13-2-3-18-6-8(13)4-11(14)15/h5,8H,2-4,6H2,1H3,(H,14,15). The number of morpholine rings is 1. The lowest BCUT2D eigenvalue weighted by molar-refractivity contribution is -0.139. The van der Waals surface area contributed by atoms with Crippen molar-refractivity contribution in [2.45, 2.75) is 24.3 Å². The number of hydrogen-bond donors (Lipinski definition) is 1. The van der Waals surface area contributed by atoms with Crippen LogP contribution in [-0.2, 0) is 19.6 Å². The van der Waals surface area contributed by atoms with Gasteiger partial charge in [0.15, 0.2) is 0 Å². The van der Waals surface area contributed by atoms with E-state index >= 15 is 0 Å². The summed E-state index contributed by atoms with van der Waals surface area (Å²) in [5.74, 6) is -1.04. The molecule has 1 aromatic rings. The molecule has 0 saturated carbocycles. The Kier molecular flexibility index (Phi) is 4.85. The lowest BCUT2D eigenvalue weighted by Gasteiger charge is -2.33. The summed E-state index contributed by atoms with van der Waals surface area (Å²) >= 11 is 4.61. The van der Waals surface area contributed by atoms with E-state index in [1.165, 1.54) is 15.6 Å². The van der Waals surface area contributed by atoms with Gasteiger partial charge in [0.2, 0.25) is 10.0 Å². The summed E-state index contributed by atoms with van der Waals surface area (Å²) < 4.78 is 32.5. The molecular formula is C11H14BrNO5S2. The molecule has 1 aliphatic rings. The maximum Gasteiger partial charge on any atom is 0.305 e. The molecule has 1 fully saturated rings. The average molecular weight is 384 g/mol. The van der Waals surface area contributed by atoms with Crippen molar-refractivity contribution in [3.8, 4) is 0 Å². The number of thiophene rings is 1. The number of aryl methyl sites for hydroxylation is 1. The molecule has 0 radical (unpaired) electrons. The molecule has 0 aliphatic carbocycles. The highest BCUT2D eigenvalue weighted by molar-refractivity contribution is 9.11. The third-order valence-corrected chi connectivity index (χ3v) is 6.77. The summed E-state index contributed by atoms with van der Waals surface area (Å²) in [6.45, 7) is 2.29. The van der Waals surface area contributed by atoms with Crippen LogP contribution in [0.3, 0.4) is 0 Å². The van der Waals surface area contributed by atoms with Crippen molar-refractivity contribution >= 4 is 43.3 Å². The topological polar surface area (TPSA) is 83.9 Å². The van der Waals surface area contributed by atoms with Crippen LogP contribution in [0.5, 0.6) is 0 Å². The van der Waals surface area contributed by atoms with Gasteiger partial charge in [-0.1, -0.05) is 0 Å². The maximum atomic E-state index is 12.7. The molecule has 2 heterocycles. The minimum Gasteiger partial charge on any atom is -0.481 e. The molecule has 6 nitrogen and oxygen atoms in total. The lowest BCUT2D eigenvalue weighted by atomic mass is 10.2. The van der Waals surface area contributed by atoms with Gasteiger partial charge in [0.1, 0.15) is 0 Å². The van der Waals surface area contributed by atoms with Gasteiger partial charge in [-0.2, -0.15) is 4.31 Å². The van der Waals surface area contributed by atoms with Crippen LogP contribution in [0.25, 0.3) is 0 Å². The van der Waals surface area contributed by atoms with Crippen molar-refractivity contribution in [2.24, 2.45) is 0 Å². The Labute approximate surface area is 129 Å². The van der Waals surface area contributed by atoms with Crippen molar-refractivity contribution in [1.82, 2.24) is 4.31 Å². The second kappa shape index (κ2) is 6.10. The molecular weight excluding hydrogens is 370 g/mol. The Balaban J connectivity index is 2.35. The van der Waals surface area contributed by atoms with Gasteiger partial charge < -0.3 is 9.84 Å². The first-order valence-electron chi connectivity index (χ1n) is 5.89. The van der Waals surface area contributed by atoms with Crippen molar-refractivity contribution in [3.63, 3.8) is 0 Å². The summed E-state index contributed by atoms with van der Waals surface area (Å²) in [7, 11) is -3.70. The number of rotatable bonds is 4. The molecule has 20 heavy (non-hydrogen) atoms. The zero-order chi connectivity index (χ0) is 14.9. The number of halogens is 1. The van der Waals surface area contributed by atoms with Gasteiger partial charge in [0.25, 0.3) is 0 Å². The second-order valence-electron chi connectivity index (χ2n) is 4.41. The van der Waals surface area contributed by atoms with E-state index in [2.05, 4.69) is 15.9 Å². The van der Waals surface area contributed by atoms with Crippen molar-refractivity contribution in [3.05, 3.63) is 14.7 Å². The number of nitrogens with zero attached hydrogens (tertiary/aromatic N) is 1. The van der Waals surface area contributed by atoms with Crippen LogP contribution >= 0.6 is 27.3 Å². The number of carbonyl (C=O) groups is 1. The Bertz CT molecular complexity index is 612. The number of carboxylic acid groups (broad SMARTS) is 1. The number of aliphatic carboxylic acids is 1. The number of carboxylic acids is 1. The summed E-state index contributed by atoms with van der Waals surface area (Å²) in [5.41, 5.74) is 0. The fraction of sp³-hybridized carbons (Fsp3) is 0.545. The number of ether oxygens (including phenoxy) is 1. The van der Waals surface area contributed by atoms with E-state index in [0.29, 0.717) is 4.88 Å². The lowest BCUT2D eigenvalue weighted by Crippen LogP contribution is -2.49. The van der Waals surface area contributed by atoms with E-state index in [1.54, 1.807) is 13.0 Å². The molecule has 9 heteroatoms. The minimum absolute atomic E-state index is 0.107. The predicted octanol–water partition coefficient (Wildman–Crippen LogP) is 1.68. The molecule has 0 spiro atoms. The van der Waals surface area contributed by atoms with Crippen LogP contribution < -0.4 is 0 Å². The van der Waals surface area contributed by atoms with Gasteiger partial charge in [-0.25, -0.2) is 8.42 Å². The Hall–Kier alpha value is -0.480. The quantitative estimate of drug-likeness (QED) is 0.854. The molecule has 1 atom stereocenters. The third kappa shape index (κ3) is 3.22. The van der Waals surface area contributed by atoms with Crippen LogP contribution in [0, 0.1) is 6.92 Å². The molecule has 0 bridgehead atoms. The first-order chi connectivity index (χ1) is 9.32. The summed E-state index contributed by atoms with van der Waals surface area (Å²) in [6, 6.07) is 0.895. The normalized spacial score (nSPS) is 21.0. The first-order valence-corrected chi connectivity index (χ1v) is 8.94. The van der Waals surface area contributed by atoms with E-state index < -0.39 is 22.0 Å². The van der Waals surface area contributed by atoms with Crippen molar-refractivity contribution < 1.29 is 23.1 Å². The number of hydrogen-bond acceptors (Lipinski definition) is 5. The molecule has 0 amide bonds. The molecule has 1 aliphatic heterocycles. The van der Waals surface area contributed by atoms with E-state index in [1.807, 2.05) is 0 Å². The second-order valence-corrected chi connectivity index (χ2v) is 8.91. The average Bonchev–Trinajstić information content (AvgIpc) is 2.69. The van der Waals surface area contributed by atoms with E-state index in [9.17, 15) is 13.2 Å². The van der Waals surface area contributed by atoms with Gasteiger partial charge in [-0.15, -0.1) is 11.3 Å². The van der Waals surface area contributed by atoms with Crippen LogP contribution in [0.15, 0.2) is 14.7 Å². The zero-order valence-corrected chi connectivity index (χ0v) is 13.9. The van der Waals surface area contributed by atoms with Crippen molar-refractivity contribution in [1.29, 1.82) is 0 Å². The number of sulfonamides is 1. The Morgan fingerprint density at radius 3 is 2.90 bits per heavy atom. The molecule has 1 unspecified atom stereocenters. The highest BCUT2D eigenvalue weighted by Gasteiger charge is 2.36. The van der Waals surface area contributed by atoms with Gasteiger partial charge >= 0.3 is 5.97 Å². The van der Waals surface area contributed by atoms with Crippen LogP contribution in [0.4, 0.5) is 0 Å². The fourth-order valence-electron chi connectivity index (χ4n) is 2.13. The van der Waals surface area contributed by atoms with E-state index in [4.69, 9.17) is 9.84 Å².